The second-order valence-corrected chi connectivity index (χ2v) is 5.81. The third kappa shape index (κ3) is 2.37. The number of aromatic nitrogens is 4. The summed E-state index contributed by atoms with van der Waals surface area (Å²) in [5, 5.41) is 20.7. The van der Waals surface area contributed by atoms with Crippen molar-refractivity contribution < 1.29 is 5.11 Å². The van der Waals surface area contributed by atoms with Gasteiger partial charge in [0.1, 0.15) is 17.7 Å². The van der Waals surface area contributed by atoms with Crippen molar-refractivity contribution in [2.75, 3.05) is 11.9 Å². The Morgan fingerprint density at radius 3 is 3.05 bits per heavy atom. The molecule has 0 aromatic carbocycles. The summed E-state index contributed by atoms with van der Waals surface area (Å²) in [6, 6.07) is 3.85. The molecular formula is C13H15N5OS. The summed E-state index contributed by atoms with van der Waals surface area (Å²) >= 11 is 1.53. The Kier molecular flexibility index (Phi) is 3.15. The molecular weight excluding hydrogens is 274 g/mol. The molecule has 0 saturated heterocycles. The van der Waals surface area contributed by atoms with E-state index in [1.807, 2.05) is 30.8 Å². The molecule has 104 valence electrons. The van der Waals surface area contributed by atoms with Crippen LogP contribution in [0.3, 0.4) is 0 Å². The highest BCUT2D eigenvalue weighted by molar-refractivity contribution is 7.10. The zero-order valence-corrected chi connectivity index (χ0v) is 12.1. The summed E-state index contributed by atoms with van der Waals surface area (Å²) in [5.41, 5.74) is -0.297. The minimum Gasteiger partial charge on any atom is -0.383 e. The summed E-state index contributed by atoms with van der Waals surface area (Å²) in [6.07, 6.45) is 3.33. The largest absolute Gasteiger partial charge is 0.383 e. The molecule has 0 aliphatic heterocycles. The number of nitrogens with one attached hydrogen (secondary N) is 1. The zero-order chi connectivity index (χ0) is 14.2. The topological polar surface area (TPSA) is 75.9 Å². The highest BCUT2D eigenvalue weighted by Crippen LogP contribution is 2.26. The van der Waals surface area contributed by atoms with E-state index in [2.05, 4.69) is 20.4 Å². The lowest BCUT2D eigenvalue weighted by atomic mass is 10.1. The average molecular weight is 289 g/mol. The summed E-state index contributed by atoms with van der Waals surface area (Å²) in [5.74, 6) is 0.680. The van der Waals surface area contributed by atoms with E-state index in [4.69, 9.17) is 0 Å². The van der Waals surface area contributed by atoms with Gasteiger partial charge in [0.15, 0.2) is 5.65 Å². The average Bonchev–Trinajstić information content (AvgIpc) is 3.04. The van der Waals surface area contributed by atoms with Crippen LogP contribution in [0.5, 0.6) is 0 Å². The predicted octanol–water partition coefficient (Wildman–Crippen LogP) is 1.74. The number of hydrogen-bond acceptors (Lipinski definition) is 6. The van der Waals surface area contributed by atoms with Crippen LogP contribution in [-0.4, -0.2) is 31.4 Å². The molecule has 3 heterocycles. The third-order valence-corrected chi connectivity index (χ3v) is 4.21. The fourth-order valence-corrected chi connectivity index (χ4v) is 2.81. The summed E-state index contributed by atoms with van der Waals surface area (Å²) in [4.78, 5) is 9.25. The predicted molar refractivity (Wildman–Crippen MR) is 78.7 cm³/mol. The molecule has 0 fully saturated rings. The summed E-state index contributed by atoms with van der Waals surface area (Å²) in [6.45, 7) is 2.15. The van der Waals surface area contributed by atoms with Crippen LogP contribution in [-0.2, 0) is 12.6 Å². The van der Waals surface area contributed by atoms with E-state index in [-0.39, 0.29) is 0 Å². The molecule has 0 saturated carbocycles. The van der Waals surface area contributed by atoms with E-state index < -0.39 is 5.60 Å². The minimum atomic E-state index is -0.937. The maximum Gasteiger partial charge on any atom is 0.186 e. The molecule has 1 atom stereocenters. The summed E-state index contributed by atoms with van der Waals surface area (Å²) in [7, 11) is 1.84. The second-order valence-electron chi connectivity index (χ2n) is 4.87. The van der Waals surface area contributed by atoms with E-state index in [0.717, 1.165) is 10.3 Å². The quantitative estimate of drug-likeness (QED) is 0.765. The van der Waals surface area contributed by atoms with Gasteiger partial charge in [-0.2, -0.15) is 5.10 Å². The minimum absolute atomic E-state index is 0.370. The third-order valence-electron chi connectivity index (χ3n) is 3.08. The fraction of sp³-hybridized carbons (Fsp3) is 0.308. The molecule has 0 radical (unpaired) electrons. The van der Waals surface area contributed by atoms with Crippen molar-refractivity contribution in [3.05, 3.63) is 34.9 Å². The lowest BCUT2D eigenvalue weighted by molar-refractivity contribution is 0.0754. The number of hydrogen-bond donors (Lipinski definition) is 2. The van der Waals surface area contributed by atoms with Gasteiger partial charge in [-0.3, -0.25) is 4.68 Å². The van der Waals surface area contributed by atoms with Crippen molar-refractivity contribution in [3.63, 3.8) is 0 Å². The maximum atomic E-state index is 10.5. The Labute approximate surface area is 120 Å². The van der Waals surface area contributed by atoms with Gasteiger partial charge in [0.2, 0.25) is 0 Å². The number of aliphatic hydroxyl groups is 1. The lowest BCUT2D eigenvalue weighted by Gasteiger charge is -2.22. The number of fused-ring (bicyclic) bond motifs is 1. The van der Waals surface area contributed by atoms with Crippen LogP contribution in [0, 0.1) is 0 Å². The van der Waals surface area contributed by atoms with Crippen molar-refractivity contribution in [3.8, 4) is 0 Å². The first-order chi connectivity index (χ1) is 9.56. The smallest absolute Gasteiger partial charge is 0.186 e. The van der Waals surface area contributed by atoms with Gasteiger partial charge in [-0.25, -0.2) is 9.97 Å². The van der Waals surface area contributed by atoms with E-state index in [1.165, 1.54) is 17.7 Å². The van der Waals surface area contributed by atoms with Crippen molar-refractivity contribution in [2.45, 2.75) is 12.5 Å². The molecule has 0 bridgehead atoms. The van der Waals surface area contributed by atoms with E-state index in [0.29, 0.717) is 18.0 Å². The molecule has 7 heteroatoms. The molecule has 3 rings (SSSR count). The van der Waals surface area contributed by atoms with Crippen molar-refractivity contribution in [1.82, 2.24) is 19.7 Å². The van der Waals surface area contributed by atoms with Crippen LogP contribution in [0.1, 0.15) is 11.8 Å². The van der Waals surface area contributed by atoms with Gasteiger partial charge < -0.3 is 10.4 Å². The number of anilines is 1. The first-order valence-electron chi connectivity index (χ1n) is 6.21. The first-order valence-corrected chi connectivity index (χ1v) is 7.09. The lowest BCUT2D eigenvalue weighted by Crippen LogP contribution is -2.30. The Balaban J connectivity index is 1.83. The molecule has 0 aliphatic carbocycles. The number of nitrogens with zero attached hydrogens (tertiary/aromatic N) is 4. The number of aryl methyl sites for hydroxylation is 1. The van der Waals surface area contributed by atoms with Crippen LogP contribution in [0.2, 0.25) is 0 Å². The van der Waals surface area contributed by atoms with E-state index in [9.17, 15) is 5.11 Å². The van der Waals surface area contributed by atoms with Gasteiger partial charge in [-0.15, -0.1) is 11.3 Å². The molecule has 1 unspecified atom stereocenters. The molecule has 0 aliphatic rings. The van der Waals surface area contributed by atoms with E-state index in [1.54, 1.807) is 11.6 Å². The normalized spacial score (nSPS) is 14.3. The standard InChI is InChI=1S/C13H15N5OS/c1-13(19,10-4-3-5-20-10)7-14-11-9-6-18(2)17-12(9)16-8-15-11/h3-6,8,19H,7H2,1-2H3,(H,14,15,16,17). The Hall–Kier alpha value is -1.99. The van der Waals surface area contributed by atoms with Gasteiger partial charge >= 0.3 is 0 Å². The second kappa shape index (κ2) is 4.84. The monoisotopic (exact) mass is 289 g/mol. The van der Waals surface area contributed by atoms with Crippen molar-refractivity contribution in [2.24, 2.45) is 7.05 Å². The van der Waals surface area contributed by atoms with Crippen LogP contribution in [0.25, 0.3) is 11.0 Å². The molecule has 0 spiro atoms. The van der Waals surface area contributed by atoms with Gasteiger partial charge in [0.25, 0.3) is 0 Å². The molecule has 3 aromatic rings. The highest BCUT2D eigenvalue weighted by Gasteiger charge is 2.24. The van der Waals surface area contributed by atoms with Gasteiger partial charge in [-0.05, 0) is 18.4 Å². The molecule has 3 aromatic heterocycles. The molecule has 6 nitrogen and oxygen atoms in total. The zero-order valence-electron chi connectivity index (χ0n) is 11.2. The fourth-order valence-electron chi connectivity index (χ4n) is 2.02. The van der Waals surface area contributed by atoms with E-state index >= 15 is 0 Å². The molecule has 0 amide bonds. The van der Waals surface area contributed by atoms with Gasteiger partial charge in [-0.1, -0.05) is 6.07 Å². The maximum absolute atomic E-state index is 10.5. The SMILES string of the molecule is Cn1cc2c(NCC(C)(O)c3cccs3)ncnc2n1. The molecule has 2 N–H and O–H groups in total. The first kappa shape index (κ1) is 13.0. The molecule has 20 heavy (non-hydrogen) atoms. The number of thiophene rings is 1. The van der Waals surface area contributed by atoms with Crippen molar-refractivity contribution >= 4 is 28.2 Å². The van der Waals surface area contributed by atoms with Crippen LogP contribution in [0.15, 0.2) is 30.0 Å². The Morgan fingerprint density at radius 1 is 1.45 bits per heavy atom. The number of rotatable bonds is 4. The van der Waals surface area contributed by atoms with Gasteiger partial charge in [0, 0.05) is 24.7 Å². The Morgan fingerprint density at radius 2 is 2.30 bits per heavy atom. The van der Waals surface area contributed by atoms with Crippen LogP contribution < -0.4 is 5.32 Å². The van der Waals surface area contributed by atoms with Gasteiger partial charge in [0.05, 0.1) is 5.39 Å². The summed E-state index contributed by atoms with van der Waals surface area (Å²) < 4.78 is 1.70. The Bertz CT molecular complexity index is 720. The highest BCUT2D eigenvalue weighted by atomic mass is 32.1. The van der Waals surface area contributed by atoms with Crippen molar-refractivity contribution in [1.29, 1.82) is 0 Å². The van der Waals surface area contributed by atoms with Crippen LogP contribution >= 0.6 is 11.3 Å². The van der Waals surface area contributed by atoms with Crippen LogP contribution in [0.4, 0.5) is 5.82 Å².